The molecule has 1 aliphatic heterocycles. The van der Waals surface area contributed by atoms with E-state index in [4.69, 9.17) is 20.5 Å². The third-order valence-electron chi connectivity index (χ3n) is 4.22. The van der Waals surface area contributed by atoms with E-state index in [1.807, 2.05) is 0 Å². The lowest BCUT2D eigenvalue weighted by Crippen LogP contribution is -2.09. The summed E-state index contributed by atoms with van der Waals surface area (Å²) < 4.78 is 47.8. The molecular formula is C22H13ClFNO5S. The Hall–Kier alpha value is -3.49. The second-order valence-electron chi connectivity index (χ2n) is 6.38. The molecule has 0 aromatic heterocycles. The molecule has 0 saturated heterocycles. The molecule has 0 radical (unpaired) electrons. The molecule has 1 aliphatic rings. The fraction of sp³-hybridized carbons (Fsp3) is 0. The van der Waals surface area contributed by atoms with Crippen LogP contribution in [0.2, 0.25) is 5.02 Å². The van der Waals surface area contributed by atoms with Crippen molar-refractivity contribution in [2.75, 3.05) is 0 Å². The normalized spacial score (nSPS) is 15.0. The van der Waals surface area contributed by atoms with Gasteiger partial charge in [-0.05, 0) is 60.2 Å². The second kappa shape index (κ2) is 8.33. The summed E-state index contributed by atoms with van der Waals surface area (Å²) in [7, 11) is -4.11. The Labute approximate surface area is 182 Å². The van der Waals surface area contributed by atoms with Gasteiger partial charge in [0.15, 0.2) is 5.70 Å². The Morgan fingerprint density at radius 2 is 1.65 bits per heavy atom. The summed E-state index contributed by atoms with van der Waals surface area (Å²) in [5.41, 5.74) is 1.14. The number of rotatable bonds is 5. The van der Waals surface area contributed by atoms with Gasteiger partial charge in [-0.25, -0.2) is 14.2 Å². The molecule has 3 aromatic rings. The highest BCUT2D eigenvalue weighted by molar-refractivity contribution is 7.87. The van der Waals surface area contributed by atoms with Gasteiger partial charge in [-0.3, -0.25) is 0 Å². The molecule has 4 rings (SSSR count). The number of esters is 1. The van der Waals surface area contributed by atoms with E-state index in [2.05, 4.69) is 4.99 Å². The maximum absolute atomic E-state index is 13.0. The molecule has 0 fully saturated rings. The van der Waals surface area contributed by atoms with Gasteiger partial charge in [0.2, 0.25) is 5.90 Å². The number of carbonyl (C=O) groups is 1. The van der Waals surface area contributed by atoms with E-state index in [-0.39, 0.29) is 22.2 Å². The average Bonchev–Trinajstić information content (AvgIpc) is 3.10. The monoisotopic (exact) mass is 457 g/mol. The molecule has 0 aliphatic carbocycles. The van der Waals surface area contributed by atoms with Gasteiger partial charge < -0.3 is 8.92 Å². The lowest BCUT2D eigenvalue weighted by molar-refractivity contribution is -0.129. The number of cyclic esters (lactones) is 1. The predicted octanol–water partition coefficient (Wildman–Crippen LogP) is 4.59. The largest absolute Gasteiger partial charge is 0.402 e. The second-order valence-corrected chi connectivity index (χ2v) is 8.33. The van der Waals surface area contributed by atoms with E-state index < -0.39 is 21.9 Å². The number of halogens is 2. The van der Waals surface area contributed by atoms with Crippen molar-refractivity contribution in [3.05, 3.63) is 100 Å². The van der Waals surface area contributed by atoms with Crippen LogP contribution in [0.4, 0.5) is 4.39 Å². The van der Waals surface area contributed by atoms with Crippen molar-refractivity contribution in [1.29, 1.82) is 0 Å². The van der Waals surface area contributed by atoms with Crippen LogP contribution in [0.25, 0.3) is 6.08 Å². The van der Waals surface area contributed by atoms with Crippen LogP contribution < -0.4 is 4.18 Å². The smallest absolute Gasteiger partial charge is 0.363 e. The van der Waals surface area contributed by atoms with Crippen LogP contribution in [0.15, 0.2) is 88.4 Å². The molecule has 0 atom stereocenters. The Morgan fingerprint density at radius 3 is 2.32 bits per heavy atom. The van der Waals surface area contributed by atoms with Gasteiger partial charge in [0.05, 0.1) is 10.6 Å². The summed E-state index contributed by atoms with van der Waals surface area (Å²) >= 11 is 6.11. The first-order chi connectivity index (χ1) is 14.8. The van der Waals surface area contributed by atoms with Crippen molar-refractivity contribution in [2.24, 2.45) is 4.99 Å². The minimum absolute atomic E-state index is 0.0562. The number of nitrogens with zero attached hydrogens (tertiary/aromatic N) is 1. The third-order valence-corrected chi connectivity index (χ3v) is 5.81. The summed E-state index contributed by atoms with van der Waals surface area (Å²) in [6.07, 6.45) is 1.49. The summed E-state index contributed by atoms with van der Waals surface area (Å²) in [5.74, 6) is -1.02. The average molecular weight is 458 g/mol. The number of hydrogen-bond acceptors (Lipinski definition) is 6. The molecule has 0 N–H and O–H groups in total. The van der Waals surface area contributed by atoms with Crippen molar-refractivity contribution in [3.63, 3.8) is 0 Å². The molecule has 1 heterocycles. The number of benzene rings is 3. The molecule has 3 aromatic carbocycles. The van der Waals surface area contributed by atoms with Crippen LogP contribution in [0.3, 0.4) is 0 Å². The third kappa shape index (κ3) is 4.65. The molecule has 0 amide bonds. The highest BCUT2D eigenvalue weighted by Crippen LogP contribution is 2.25. The van der Waals surface area contributed by atoms with Crippen LogP contribution in [-0.2, 0) is 19.6 Å². The Kier molecular flexibility index (Phi) is 5.58. The fourth-order valence-corrected chi connectivity index (χ4v) is 3.86. The summed E-state index contributed by atoms with van der Waals surface area (Å²) in [4.78, 5) is 16.1. The van der Waals surface area contributed by atoms with E-state index in [9.17, 15) is 17.6 Å². The van der Waals surface area contributed by atoms with Gasteiger partial charge in [0, 0.05) is 0 Å². The highest BCUT2D eigenvalue weighted by atomic mass is 35.5. The number of aliphatic imine (C=N–C) groups is 1. The minimum Gasteiger partial charge on any atom is -0.402 e. The summed E-state index contributed by atoms with van der Waals surface area (Å²) in [6.45, 7) is 0. The highest BCUT2D eigenvalue weighted by Gasteiger charge is 2.25. The molecule has 0 bridgehead atoms. The Morgan fingerprint density at radius 1 is 0.968 bits per heavy atom. The van der Waals surface area contributed by atoms with Gasteiger partial charge in [-0.2, -0.15) is 8.42 Å². The number of carbonyl (C=O) groups excluding carboxylic acids is 1. The van der Waals surface area contributed by atoms with Crippen LogP contribution in [-0.4, -0.2) is 20.3 Å². The molecule has 0 unspecified atom stereocenters. The summed E-state index contributed by atoms with van der Waals surface area (Å²) in [5, 5.41) is 0.402. The Bertz CT molecular complexity index is 1320. The standard InChI is InChI=1S/C22H13ClFNO5S/c23-19-4-2-1-3-18(19)21-25-20(22(26)29-21)13-14-5-9-16(10-6-14)30-31(27,28)17-11-7-15(24)8-12-17/h1-13H/b20-13-. The lowest BCUT2D eigenvalue weighted by Gasteiger charge is -2.07. The first kappa shape index (κ1) is 20.8. The lowest BCUT2D eigenvalue weighted by atomic mass is 10.2. The zero-order valence-corrected chi connectivity index (χ0v) is 17.2. The van der Waals surface area contributed by atoms with Gasteiger partial charge in [-0.15, -0.1) is 0 Å². The molecular weight excluding hydrogens is 445 g/mol. The topological polar surface area (TPSA) is 82.0 Å². The van der Waals surface area contributed by atoms with E-state index >= 15 is 0 Å². The molecule has 0 saturated carbocycles. The van der Waals surface area contributed by atoms with Gasteiger partial charge in [0.25, 0.3) is 0 Å². The first-order valence-corrected chi connectivity index (χ1v) is 10.7. The van der Waals surface area contributed by atoms with E-state index in [0.717, 1.165) is 24.3 Å². The Balaban J connectivity index is 1.53. The quantitative estimate of drug-likeness (QED) is 0.318. The van der Waals surface area contributed by atoms with Crippen LogP contribution in [0.5, 0.6) is 5.75 Å². The van der Waals surface area contributed by atoms with Gasteiger partial charge in [0.1, 0.15) is 16.5 Å². The van der Waals surface area contributed by atoms with Crippen LogP contribution >= 0.6 is 11.6 Å². The van der Waals surface area contributed by atoms with E-state index in [1.165, 1.54) is 18.2 Å². The zero-order valence-electron chi connectivity index (χ0n) is 15.7. The maximum atomic E-state index is 13.0. The van der Waals surface area contributed by atoms with E-state index in [1.54, 1.807) is 36.4 Å². The number of hydrogen-bond donors (Lipinski definition) is 0. The molecule has 6 nitrogen and oxygen atoms in total. The predicted molar refractivity (Wildman–Crippen MR) is 113 cm³/mol. The molecule has 0 spiro atoms. The molecule has 31 heavy (non-hydrogen) atoms. The van der Waals surface area contributed by atoms with Crippen LogP contribution in [0, 0.1) is 5.82 Å². The minimum atomic E-state index is -4.11. The van der Waals surface area contributed by atoms with Crippen LogP contribution in [0.1, 0.15) is 11.1 Å². The molecule has 156 valence electrons. The van der Waals surface area contributed by atoms with Crippen molar-refractivity contribution < 1.29 is 26.5 Å². The van der Waals surface area contributed by atoms with Gasteiger partial charge >= 0.3 is 16.1 Å². The van der Waals surface area contributed by atoms with Crippen molar-refractivity contribution in [3.8, 4) is 5.75 Å². The first-order valence-electron chi connectivity index (χ1n) is 8.89. The SMILES string of the molecule is O=C1OC(c2ccccc2Cl)=N/C1=C\c1ccc(OS(=O)(=O)c2ccc(F)cc2)cc1. The molecule has 9 heteroatoms. The van der Waals surface area contributed by atoms with Crippen molar-refractivity contribution in [2.45, 2.75) is 4.90 Å². The van der Waals surface area contributed by atoms with E-state index in [0.29, 0.717) is 16.1 Å². The zero-order chi connectivity index (χ0) is 22.0. The maximum Gasteiger partial charge on any atom is 0.363 e. The summed E-state index contributed by atoms with van der Waals surface area (Å²) in [6, 6.07) is 17.1. The van der Waals surface area contributed by atoms with Gasteiger partial charge in [-0.1, -0.05) is 35.9 Å². The fourth-order valence-electron chi connectivity index (χ4n) is 2.71. The van der Waals surface area contributed by atoms with Crippen molar-refractivity contribution >= 4 is 39.7 Å². The van der Waals surface area contributed by atoms with Crippen molar-refractivity contribution in [1.82, 2.24) is 0 Å². The number of ether oxygens (including phenoxy) is 1.